The van der Waals surface area contributed by atoms with Gasteiger partial charge in [-0.15, -0.1) is 0 Å². The van der Waals surface area contributed by atoms with Crippen LogP contribution >= 0.6 is 0 Å². The second kappa shape index (κ2) is 6.63. The van der Waals surface area contributed by atoms with Gasteiger partial charge in [0.25, 0.3) is 0 Å². The van der Waals surface area contributed by atoms with Crippen LogP contribution in [0.4, 0.5) is 4.39 Å². The number of aliphatic carboxylic acids is 1. The van der Waals surface area contributed by atoms with E-state index in [0.717, 1.165) is 5.56 Å². The summed E-state index contributed by atoms with van der Waals surface area (Å²) in [4.78, 5) is 10.6. The Labute approximate surface area is 112 Å². The first kappa shape index (κ1) is 15.6. The molecule has 1 atom stereocenters. The first-order valence-electron chi connectivity index (χ1n) is 6.28. The lowest BCUT2D eigenvalue weighted by atomic mass is 9.84. The minimum Gasteiger partial charge on any atom is -0.480 e. The number of benzene rings is 1. The van der Waals surface area contributed by atoms with Crippen molar-refractivity contribution >= 4 is 5.97 Å². The Bertz CT molecular complexity index is 435. The van der Waals surface area contributed by atoms with Crippen molar-refractivity contribution < 1.29 is 14.3 Å². The van der Waals surface area contributed by atoms with Crippen molar-refractivity contribution in [3.8, 4) is 0 Å². The fourth-order valence-corrected chi connectivity index (χ4v) is 1.79. The Morgan fingerprint density at radius 2 is 2.21 bits per heavy atom. The molecule has 0 radical (unpaired) electrons. The van der Waals surface area contributed by atoms with Crippen molar-refractivity contribution in [2.45, 2.75) is 31.7 Å². The van der Waals surface area contributed by atoms with Gasteiger partial charge in [0.15, 0.2) is 0 Å². The standard InChI is InChI=1S/C14H21FN2O2/c1-14(2,10-4-3-5-11(15)8-10)9-17-7-6-12(16)13(18)19/h3-5,8,12,17H,6-7,9,16H2,1-2H3,(H,18,19). The van der Waals surface area contributed by atoms with Gasteiger partial charge in [-0.25, -0.2) is 4.39 Å². The molecule has 1 aromatic carbocycles. The van der Waals surface area contributed by atoms with Crippen molar-refractivity contribution in [1.29, 1.82) is 0 Å². The van der Waals surface area contributed by atoms with Gasteiger partial charge in [-0.05, 0) is 30.7 Å². The van der Waals surface area contributed by atoms with Gasteiger partial charge >= 0.3 is 5.97 Å². The van der Waals surface area contributed by atoms with Crippen molar-refractivity contribution in [2.75, 3.05) is 13.1 Å². The minimum atomic E-state index is -0.994. The van der Waals surface area contributed by atoms with Gasteiger partial charge in [0, 0.05) is 12.0 Å². The van der Waals surface area contributed by atoms with E-state index in [4.69, 9.17) is 10.8 Å². The summed E-state index contributed by atoms with van der Waals surface area (Å²) in [6.07, 6.45) is 0.370. The predicted octanol–water partition coefficient (Wildman–Crippen LogP) is 1.49. The lowest BCUT2D eigenvalue weighted by molar-refractivity contribution is -0.138. The highest BCUT2D eigenvalue weighted by atomic mass is 19.1. The number of nitrogens with one attached hydrogen (secondary N) is 1. The molecule has 4 N–H and O–H groups in total. The normalized spacial score (nSPS) is 13.3. The van der Waals surface area contributed by atoms with E-state index in [0.29, 0.717) is 19.5 Å². The zero-order valence-electron chi connectivity index (χ0n) is 11.3. The van der Waals surface area contributed by atoms with E-state index in [-0.39, 0.29) is 11.2 Å². The second-order valence-corrected chi connectivity index (χ2v) is 5.30. The lowest BCUT2D eigenvalue weighted by Crippen LogP contribution is -2.37. The molecule has 0 aliphatic carbocycles. The average molecular weight is 268 g/mol. The molecule has 0 fully saturated rings. The number of hydrogen-bond acceptors (Lipinski definition) is 3. The summed E-state index contributed by atoms with van der Waals surface area (Å²) in [5, 5.41) is 11.8. The van der Waals surface area contributed by atoms with Gasteiger partial charge in [0.1, 0.15) is 11.9 Å². The third-order valence-electron chi connectivity index (χ3n) is 3.12. The Morgan fingerprint density at radius 1 is 1.53 bits per heavy atom. The van der Waals surface area contributed by atoms with Crippen molar-refractivity contribution in [1.82, 2.24) is 5.32 Å². The number of nitrogens with two attached hydrogens (primary N) is 1. The Morgan fingerprint density at radius 3 is 2.79 bits per heavy atom. The number of hydrogen-bond donors (Lipinski definition) is 3. The Balaban J connectivity index is 2.45. The van der Waals surface area contributed by atoms with Gasteiger partial charge < -0.3 is 16.2 Å². The molecule has 106 valence electrons. The first-order valence-corrected chi connectivity index (χ1v) is 6.28. The van der Waals surface area contributed by atoms with Crippen LogP contribution in [0.2, 0.25) is 0 Å². The van der Waals surface area contributed by atoms with E-state index in [2.05, 4.69) is 5.32 Å². The Kier molecular flexibility index (Phi) is 5.44. The van der Waals surface area contributed by atoms with Gasteiger partial charge in [0.2, 0.25) is 0 Å². The molecule has 0 aliphatic rings. The predicted molar refractivity (Wildman–Crippen MR) is 72.5 cm³/mol. The zero-order valence-corrected chi connectivity index (χ0v) is 11.3. The Hall–Kier alpha value is -1.46. The van der Waals surface area contributed by atoms with E-state index in [1.54, 1.807) is 6.07 Å². The lowest BCUT2D eigenvalue weighted by Gasteiger charge is -2.26. The quantitative estimate of drug-likeness (QED) is 0.655. The molecule has 0 aromatic heterocycles. The van der Waals surface area contributed by atoms with E-state index < -0.39 is 12.0 Å². The highest BCUT2D eigenvalue weighted by Gasteiger charge is 2.20. The van der Waals surface area contributed by atoms with Gasteiger partial charge in [-0.3, -0.25) is 4.79 Å². The summed E-state index contributed by atoms with van der Waals surface area (Å²) in [5.74, 6) is -1.25. The summed E-state index contributed by atoms with van der Waals surface area (Å²) in [6.45, 7) is 5.16. The molecule has 4 nitrogen and oxygen atoms in total. The third-order valence-corrected chi connectivity index (χ3v) is 3.12. The van der Waals surface area contributed by atoms with Gasteiger partial charge in [-0.1, -0.05) is 26.0 Å². The topological polar surface area (TPSA) is 75.3 Å². The van der Waals surface area contributed by atoms with Crippen molar-refractivity contribution in [3.63, 3.8) is 0 Å². The molecule has 0 saturated heterocycles. The number of carbonyl (C=O) groups is 1. The molecular weight excluding hydrogens is 247 g/mol. The van der Waals surface area contributed by atoms with E-state index in [1.165, 1.54) is 12.1 Å². The fraction of sp³-hybridized carbons (Fsp3) is 0.500. The van der Waals surface area contributed by atoms with Crippen LogP contribution in [0, 0.1) is 5.82 Å². The highest BCUT2D eigenvalue weighted by molar-refractivity contribution is 5.72. The molecule has 0 amide bonds. The smallest absolute Gasteiger partial charge is 0.320 e. The maximum Gasteiger partial charge on any atom is 0.320 e. The molecule has 1 unspecified atom stereocenters. The van der Waals surface area contributed by atoms with E-state index >= 15 is 0 Å². The molecule has 0 aliphatic heterocycles. The fourth-order valence-electron chi connectivity index (χ4n) is 1.79. The minimum absolute atomic E-state index is 0.227. The summed E-state index contributed by atoms with van der Waals surface area (Å²) in [5.41, 5.74) is 6.09. The van der Waals surface area contributed by atoms with Gasteiger partial charge in [0.05, 0.1) is 0 Å². The summed E-state index contributed by atoms with van der Waals surface area (Å²) in [6, 6.07) is 5.66. The molecule has 0 spiro atoms. The number of carboxylic acids is 1. The number of halogens is 1. The van der Waals surface area contributed by atoms with Crippen LogP contribution < -0.4 is 11.1 Å². The molecule has 1 rings (SSSR count). The van der Waals surface area contributed by atoms with Crippen molar-refractivity contribution in [2.24, 2.45) is 5.73 Å². The van der Waals surface area contributed by atoms with Gasteiger partial charge in [-0.2, -0.15) is 0 Å². The molecule has 5 heteroatoms. The molecular formula is C14H21FN2O2. The van der Waals surface area contributed by atoms with Crippen molar-refractivity contribution in [3.05, 3.63) is 35.6 Å². The third kappa shape index (κ3) is 4.96. The van der Waals surface area contributed by atoms with Crippen LogP contribution in [0.1, 0.15) is 25.8 Å². The highest BCUT2D eigenvalue weighted by Crippen LogP contribution is 2.22. The maximum absolute atomic E-state index is 13.2. The molecule has 0 saturated carbocycles. The molecule has 0 heterocycles. The molecule has 0 bridgehead atoms. The SMILES string of the molecule is CC(C)(CNCCC(N)C(=O)O)c1cccc(F)c1. The summed E-state index contributed by atoms with van der Waals surface area (Å²) in [7, 11) is 0. The van der Waals surface area contributed by atoms with Crippen LogP contribution in [0.25, 0.3) is 0 Å². The van der Waals surface area contributed by atoms with E-state index in [9.17, 15) is 9.18 Å². The van der Waals surface area contributed by atoms with E-state index in [1.807, 2.05) is 19.9 Å². The largest absolute Gasteiger partial charge is 0.480 e. The monoisotopic (exact) mass is 268 g/mol. The number of rotatable bonds is 7. The maximum atomic E-state index is 13.2. The average Bonchev–Trinajstić information content (AvgIpc) is 2.34. The van der Waals surface area contributed by atoms with Crippen LogP contribution in [0.5, 0.6) is 0 Å². The van der Waals surface area contributed by atoms with Crippen LogP contribution in [-0.4, -0.2) is 30.2 Å². The number of carboxylic acid groups (broad SMARTS) is 1. The zero-order chi connectivity index (χ0) is 14.5. The summed E-state index contributed by atoms with van der Waals surface area (Å²) >= 11 is 0. The van der Waals surface area contributed by atoms with Crippen LogP contribution in [0.3, 0.4) is 0 Å². The first-order chi connectivity index (χ1) is 8.83. The van der Waals surface area contributed by atoms with Crippen LogP contribution in [0.15, 0.2) is 24.3 Å². The molecule has 1 aromatic rings. The molecule has 19 heavy (non-hydrogen) atoms. The second-order valence-electron chi connectivity index (χ2n) is 5.30. The van der Waals surface area contributed by atoms with Crippen LogP contribution in [-0.2, 0) is 10.2 Å². The summed E-state index contributed by atoms with van der Waals surface area (Å²) < 4.78 is 13.2.